The minimum Gasteiger partial charge on any atom is -0.481 e. The SMILES string of the molecule is NC(CCC(=O)O)C(=O)NC(Cc1c[nH]c2ccccc12)C(=O)NC(Cc1c[nH]c2ccccc12)C(=O)NC(CCC(=O)O)C(=O)O. The number of nitrogens with two attached hydrogens (primary N) is 1. The average molecular weight is 649 g/mol. The van der Waals surface area contributed by atoms with Crippen LogP contribution in [0.25, 0.3) is 21.8 Å². The minimum absolute atomic E-state index is 0.0367. The van der Waals surface area contributed by atoms with Crippen molar-refractivity contribution in [3.05, 3.63) is 72.1 Å². The van der Waals surface area contributed by atoms with E-state index in [4.69, 9.17) is 15.9 Å². The molecule has 4 atom stereocenters. The summed E-state index contributed by atoms with van der Waals surface area (Å²) >= 11 is 0. The van der Waals surface area contributed by atoms with E-state index >= 15 is 0 Å². The molecule has 2 aromatic carbocycles. The Balaban J connectivity index is 1.63. The number of carbonyl (C=O) groups is 6. The van der Waals surface area contributed by atoms with Gasteiger partial charge in [-0.05, 0) is 36.1 Å². The highest BCUT2D eigenvalue weighted by Gasteiger charge is 2.32. The lowest BCUT2D eigenvalue weighted by Gasteiger charge is -2.25. The standard InChI is InChI=1S/C32H36N6O9/c33-21(9-11-27(39)40)29(43)37-25(13-17-15-34-22-7-3-1-5-19(17)22)31(45)38-26(14-18-16-35-23-8-4-2-6-20(18)23)30(44)36-24(32(46)47)10-12-28(41)42/h1-8,15-16,21,24-26,34-35H,9-14,33H2,(H,36,44)(H,37,43)(H,38,45)(H,39,40)(H,41,42)(H,46,47). The number of rotatable bonds is 17. The zero-order valence-electron chi connectivity index (χ0n) is 25.2. The molecule has 15 heteroatoms. The first-order chi connectivity index (χ1) is 22.4. The predicted octanol–water partition coefficient (Wildman–Crippen LogP) is 1.03. The molecule has 0 spiro atoms. The summed E-state index contributed by atoms with van der Waals surface area (Å²) in [6.07, 6.45) is 1.76. The van der Waals surface area contributed by atoms with Crippen molar-refractivity contribution in [1.29, 1.82) is 0 Å². The molecule has 248 valence electrons. The lowest BCUT2D eigenvalue weighted by atomic mass is 10.0. The molecule has 10 N–H and O–H groups in total. The molecule has 0 aliphatic heterocycles. The number of benzene rings is 2. The maximum Gasteiger partial charge on any atom is 0.326 e. The Morgan fingerprint density at radius 3 is 1.51 bits per heavy atom. The molecular weight excluding hydrogens is 612 g/mol. The van der Waals surface area contributed by atoms with Crippen molar-refractivity contribution in [2.45, 2.75) is 62.7 Å². The highest BCUT2D eigenvalue weighted by molar-refractivity contribution is 5.95. The first kappa shape index (κ1) is 34.2. The Labute approximate surface area is 267 Å². The second kappa shape index (κ2) is 15.5. The van der Waals surface area contributed by atoms with Crippen LogP contribution in [0.4, 0.5) is 0 Å². The Morgan fingerprint density at radius 2 is 1.04 bits per heavy atom. The van der Waals surface area contributed by atoms with Crippen LogP contribution in [0, 0.1) is 0 Å². The summed E-state index contributed by atoms with van der Waals surface area (Å²) in [5.41, 5.74) is 8.76. The first-order valence-corrected chi connectivity index (χ1v) is 14.9. The number of aliphatic carboxylic acids is 3. The van der Waals surface area contributed by atoms with Crippen LogP contribution < -0.4 is 21.7 Å². The van der Waals surface area contributed by atoms with Crippen LogP contribution in [-0.2, 0) is 41.6 Å². The number of aromatic amines is 2. The molecule has 0 radical (unpaired) electrons. The monoisotopic (exact) mass is 648 g/mol. The number of amides is 3. The topological polar surface area (TPSA) is 257 Å². The Hall–Kier alpha value is -5.70. The summed E-state index contributed by atoms with van der Waals surface area (Å²) in [4.78, 5) is 80.7. The number of para-hydroxylation sites is 2. The van der Waals surface area contributed by atoms with Gasteiger partial charge in [0.25, 0.3) is 0 Å². The van der Waals surface area contributed by atoms with Crippen LogP contribution in [-0.4, -0.2) is 85.1 Å². The zero-order chi connectivity index (χ0) is 34.1. The first-order valence-electron chi connectivity index (χ1n) is 14.9. The maximum atomic E-state index is 13.9. The van der Waals surface area contributed by atoms with Crippen LogP contribution in [0.1, 0.15) is 36.8 Å². The van der Waals surface area contributed by atoms with E-state index < -0.39 is 72.6 Å². The summed E-state index contributed by atoms with van der Waals surface area (Å²) in [5, 5.41) is 36.8. The van der Waals surface area contributed by atoms with Crippen molar-refractivity contribution in [3.8, 4) is 0 Å². The number of fused-ring (bicyclic) bond motifs is 2. The highest BCUT2D eigenvalue weighted by atomic mass is 16.4. The number of carboxylic acid groups (broad SMARTS) is 3. The minimum atomic E-state index is -1.55. The van der Waals surface area contributed by atoms with Gasteiger partial charge in [0.05, 0.1) is 6.04 Å². The quantitative estimate of drug-likeness (QED) is 0.0785. The Kier molecular flexibility index (Phi) is 11.3. The number of hydrogen-bond acceptors (Lipinski definition) is 7. The van der Waals surface area contributed by atoms with Gasteiger partial charge in [-0.15, -0.1) is 0 Å². The van der Waals surface area contributed by atoms with Gasteiger partial charge >= 0.3 is 17.9 Å². The van der Waals surface area contributed by atoms with Gasteiger partial charge in [-0.25, -0.2) is 4.79 Å². The van der Waals surface area contributed by atoms with Gasteiger partial charge in [-0.2, -0.15) is 0 Å². The van der Waals surface area contributed by atoms with Crippen LogP contribution in [0.5, 0.6) is 0 Å². The van der Waals surface area contributed by atoms with E-state index in [2.05, 4.69) is 25.9 Å². The van der Waals surface area contributed by atoms with Crippen LogP contribution in [0.3, 0.4) is 0 Å². The number of hydrogen-bond donors (Lipinski definition) is 9. The number of carbonyl (C=O) groups excluding carboxylic acids is 3. The molecule has 4 aromatic rings. The summed E-state index contributed by atoms with van der Waals surface area (Å²) < 4.78 is 0. The molecule has 0 saturated carbocycles. The maximum absolute atomic E-state index is 13.9. The molecule has 2 heterocycles. The fourth-order valence-corrected chi connectivity index (χ4v) is 5.22. The van der Waals surface area contributed by atoms with Gasteiger partial charge in [-0.3, -0.25) is 24.0 Å². The molecule has 47 heavy (non-hydrogen) atoms. The summed E-state index contributed by atoms with van der Waals surface area (Å²) in [5.74, 6) is -6.27. The van der Waals surface area contributed by atoms with Crippen molar-refractivity contribution in [2.24, 2.45) is 5.73 Å². The van der Waals surface area contributed by atoms with E-state index in [1.165, 1.54) is 0 Å². The fraction of sp³-hybridized carbons (Fsp3) is 0.312. The smallest absolute Gasteiger partial charge is 0.326 e. The lowest BCUT2D eigenvalue weighted by molar-refractivity contribution is -0.143. The normalized spacial score (nSPS) is 13.7. The van der Waals surface area contributed by atoms with Crippen molar-refractivity contribution in [3.63, 3.8) is 0 Å². The van der Waals surface area contributed by atoms with Gasteiger partial charge in [0.1, 0.15) is 18.1 Å². The molecule has 4 unspecified atom stereocenters. The number of H-pyrrole nitrogens is 2. The van der Waals surface area contributed by atoms with Gasteiger partial charge in [0, 0.05) is 59.9 Å². The molecule has 4 rings (SSSR count). The molecule has 15 nitrogen and oxygen atoms in total. The largest absolute Gasteiger partial charge is 0.481 e. The van der Waals surface area contributed by atoms with Crippen LogP contribution in [0.15, 0.2) is 60.9 Å². The average Bonchev–Trinajstić information content (AvgIpc) is 3.64. The van der Waals surface area contributed by atoms with E-state index in [1.54, 1.807) is 24.5 Å². The number of nitrogens with one attached hydrogen (secondary N) is 5. The second-order valence-electron chi connectivity index (χ2n) is 11.1. The Bertz CT molecular complexity index is 1780. The molecule has 0 fully saturated rings. The van der Waals surface area contributed by atoms with E-state index in [-0.39, 0.29) is 25.7 Å². The van der Waals surface area contributed by atoms with Crippen molar-refractivity contribution in [1.82, 2.24) is 25.9 Å². The molecule has 0 aliphatic carbocycles. The molecule has 0 saturated heterocycles. The lowest BCUT2D eigenvalue weighted by Crippen LogP contribution is -2.58. The Morgan fingerprint density at radius 1 is 0.617 bits per heavy atom. The van der Waals surface area contributed by atoms with Gasteiger partial charge in [-0.1, -0.05) is 36.4 Å². The van der Waals surface area contributed by atoms with Crippen molar-refractivity contribution < 1.29 is 44.1 Å². The molecular formula is C32H36N6O9. The fourth-order valence-electron chi connectivity index (χ4n) is 5.22. The van der Waals surface area contributed by atoms with Crippen LogP contribution in [0.2, 0.25) is 0 Å². The van der Waals surface area contributed by atoms with Gasteiger partial charge in [0.15, 0.2) is 0 Å². The van der Waals surface area contributed by atoms with E-state index in [9.17, 15) is 33.9 Å². The van der Waals surface area contributed by atoms with E-state index in [1.807, 2.05) is 36.4 Å². The molecule has 3 amide bonds. The molecule has 0 bridgehead atoms. The third-order valence-corrected chi connectivity index (χ3v) is 7.73. The van der Waals surface area contributed by atoms with Crippen molar-refractivity contribution >= 4 is 57.4 Å². The van der Waals surface area contributed by atoms with Crippen LogP contribution >= 0.6 is 0 Å². The third-order valence-electron chi connectivity index (χ3n) is 7.73. The summed E-state index contributed by atoms with van der Waals surface area (Å²) in [6, 6.07) is 9.11. The number of carboxylic acids is 3. The highest BCUT2D eigenvalue weighted by Crippen LogP contribution is 2.21. The zero-order valence-corrected chi connectivity index (χ0v) is 25.2. The predicted molar refractivity (Wildman–Crippen MR) is 169 cm³/mol. The molecule has 0 aliphatic rings. The summed E-state index contributed by atoms with van der Waals surface area (Å²) in [7, 11) is 0. The van der Waals surface area contributed by atoms with Gasteiger partial charge in [0.2, 0.25) is 17.7 Å². The van der Waals surface area contributed by atoms with E-state index in [0.29, 0.717) is 11.1 Å². The number of aromatic nitrogens is 2. The third kappa shape index (κ3) is 9.17. The molecule has 2 aromatic heterocycles. The second-order valence-corrected chi connectivity index (χ2v) is 11.1. The van der Waals surface area contributed by atoms with Gasteiger partial charge < -0.3 is 47.0 Å². The van der Waals surface area contributed by atoms with Crippen molar-refractivity contribution in [2.75, 3.05) is 0 Å². The van der Waals surface area contributed by atoms with E-state index in [0.717, 1.165) is 21.8 Å². The summed E-state index contributed by atoms with van der Waals surface area (Å²) in [6.45, 7) is 0.